The van der Waals surface area contributed by atoms with Gasteiger partial charge in [-0.15, -0.1) is 0 Å². The SMILES string of the molecule is COc1ccc(C(NC(=O)CNc2ccc(C(=O)NC(C)(C)C)cc2)C2CC2)cc1. The van der Waals surface area contributed by atoms with Gasteiger partial charge in [0.1, 0.15) is 5.75 Å². The number of nitrogens with one attached hydrogen (secondary N) is 3. The zero-order valence-electron chi connectivity index (χ0n) is 18.1. The standard InChI is InChI=1S/C24H31N3O3/c1-24(2,3)27-23(29)18-7-11-19(12-8-18)25-15-21(28)26-22(16-5-6-16)17-9-13-20(30-4)14-10-17/h7-14,16,22,25H,5-6,15H2,1-4H3,(H,26,28)(H,27,29). The average Bonchev–Trinajstić information content (AvgIpc) is 3.55. The molecule has 0 bridgehead atoms. The summed E-state index contributed by atoms with van der Waals surface area (Å²) in [6, 6.07) is 15.0. The molecule has 2 amide bonds. The Kier molecular flexibility index (Phi) is 6.65. The van der Waals surface area contributed by atoms with Crippen molar-refractivity contribution in [1.29, 1.82) is 0 Å². The van der Waals surface area contributed by atoms with Crippen LogP contribution in [0.2, 0.25) is 0 Å². The lowest BCUT2D eigenvalue weighted by atomic mass is 10.0. The first kappa shape index (κ1) is 21.7. The van der Waals surface area contributed by atoms with E-state index >= 15 is 0 Å². The molecule has 1 aliphatic rings. The van der Waals surface area contributed by atoms with E-state index in [1.54, 1.807) is 19.2 Å². The summed E-state index contributed by atoms with van der Waals surface area (Å²) < 4.78 is 5.22. The number of hydrogen-bond donors (Lipinski definition) is 3. The average molecular weight is 410 g/mol. The topological polar surface area (TPSA) is 79.5 Å². The molecule has 2 aromatic rings. The number of carbonyl (C=O) groups excluding carboxylic acids is 2. The van der Waals surface area contributed by atoms with Crippen LogP contribution in [0.3, 0.4) is 0 Å². The molecule has 6 nitrogen and oxygen atoms in total. The summed E-state index contributed by atoms with van der Waals surface area (Å²) >= 11 is 0. The van der Waals surface area contributed by atoms with E-state index in [1.807, 2.05) is 57.2 Å². The van der Waals surface area contributed by atoms with Crippen LogP contribution in [0.15, 0.2) is 48.5 Å². The van der Waals surface area contributed by atoms with E-state index in [0.29, 0.717) is 11.5 Å². The lowest BCUT2D eigenvalue weighted by Crippen LogP contribution is -2.40. The summed E-state index contributed by atoms with van der Waals surface area (Å²) in [5.74, 6) is 1.12. The molecule has 2 aromatic carbocycles. The number of amides is 2. The molecule has 0 spiro atoms. The Morgan fingerprint density at radius 1 is 1.03 bits per heavy atom. The molecule has 0 heterocycles. The van der Waals surface area contributed by atoms with Crippen molar-refractivity contribution >= 4 is 17.5 Å². The third-order valence-electron chi connectivity index (χ3n) is 4.97. The first-order valence-electron chi connectivity index (χ1n) is 10.3. The number of methoxy groups -OCH3 is 1. The number of ether oxygens (including phenoxy) is 1. The van der Waals surface area contributed by atoms with Gasteiger partial charge in [-0.2, -0.15) is 0 Å². The number of carbonyl (C=O) groups is 2. The van der Waals surface area contributed by atoms with Crippen molar-refractivity contribution in [3.05, 3.63) is 59.7 Å². The van der Waals surface area contributed by atoms with Crippen LogP contribution in [-0.4, -0.2) is 31.0 Å². The predicted molar refractivity (Wildman–Crippen MR) is 119 cm³/mol. The summed E-state index contributed by atoms with van der Waals surface area (Å²) in [5.41, 5.74) is 2.20. The Balaban J connectivity index is 1.53. The van der Waals surface area contributed by atoms with Gasteiger partial charge >= 0.3 is 0 Å². The highest BCUT2D eigenvalue weighted by atomic mass is 16.5. The van der Waals surface area contributed by atoms with E-state index < -0.39 is 0 Å². The van der Waals surface area contributed by atoms with Gasteiger partial charge in [0.25, 0.3) is 5.91 Å². The first-order chi connectivity index (χ1) is 14.2. The third kappa shape index (κ3) is 6.24. The molecule has 0 radical (unpaired) electrons. The molecule has 1 atom stereocenters. The van der Waals surface area contributed by atoms with Gasteiger partial charge in [-0.05, 0) is 81.5 Å². The van der Waals surface area contributed by atoms with E-state index in [4.69, 9.17) is 4.74 Å². The molecule has 3 rings (SSSR count). The number of rotatable bonds is 8. The van der Waals surface area contributed by atoms with Crippen LogP contribution in [0.1, 0.15) is 55.6 Å². The van der Waals surface area contributed by atoms with Gasteiger partial charge in [0.15, 0.2) is 0 Å². The lowest BCUT2D eigenvalue weighted by Gasteiger charge is -2.20. The van der Waals surface area contributed by atoms with Crippen molar-refractivity contribution in [3.63, 3.8) is 0 Å². The quantitative estimate of drug-likeness (QED) is 0.618. The lowest BCUT2D eigenvalue weighted by molar-refractivity contribution is -0.120. The second kappa shape index (κ2) is 9.20. The Hall–Kier alpha value is -3.02. The first-order valence-corrected chi connectivity index (χ1v) is 10.3. The van der Waals surface area contributed by atoms with Crippen molar-refractivity contribution in [2.24, 2.45) is 5.92 Å². The summed E-state index contributed by atoms with van der Waals surface area (Å²) in [6.45, 7) is 6.01. The molecule has 1 fully saturated rings. The van der Waals surface area contributed by atoms with Crippen molar-refractivity contribution in [2.75, 3.05) is 19.0 Å². The summed E-state index contributed by atoms with van der Waals surface area (Å²) in [5, 5.41) is 9.22. The summed E-state index contributed by atoms with van der Waals surface area (Å²) in [7, 11) is 1.64. The molecule has 1 saturated carbocycles. The second-order valence-corrected chi connectivity index (χ2v) is 8.79. The van der Waals surface area contributed by atoms with Gasteiger partial charge in [-0.1, -0.05) is 12.1 Å². The van der Waals surface area contributed by atoms with Gasteiger partial charge in [0, 0.05) is 16.8 Å². The fourth-order valence-corrected chi connectivity index (χ4v) is 3.27. The fourth-order valence-electron chi connectivity index (χ4n) is 3.27. The molecule has 6 heteroatoms. The Bertz CT molecular complexity index is 866. The third-order valence-corrected chi connectivity index (χ3v) is 4.97. The minimum atomic E-state index is -0.284. The molecule has 0 saturated heterocycles. The molecule has 1 unspecified atom stereocenters. The highest BCUT2D eigenvalue weighted by molar-refractivity contribution is 5.95. The number of benzene rings is 2. The fraction of sp³-hybridized carbons (Fsp3) is 0.417. The minimum Gasteiger partial charge on any atom is -0.497 e. The molecular weight excluding hydrogens is 378 g/mol. The number of hydrogen-bond acceptors (Lipinski definition) is 4. The van der Waals surface area contributed by atoms with E-state index in [2.05, 4.69) is 16.0 Å². The normalized spacial score (nSPS) is 14.5. The molecule has 3 N–H and O–H groups in total. The summed E-state index contributed by atoms with van der Waals surface area (Å²) in [4.78, 5) is 24.7. The zero-order valence-corrected chi connectivity index (χ0v) is 18.1. The van der Waals surface area contributed by atoms with Crippen LogP contribution in [-0.2, 0) is 4.79 Å². The Labute approximate surface area is 178 Å². The van der Waals surface area contributed by atoms with E-state index in [1.165, 1.54) is 0 Å². The Morgan fingerprint density at radius 2 is 1.67 bits per heavy atom. The molecule has 0 aromatic heterocycles. The van der Waals surface area contributed by atoms with Crippen LogP contribution >= 0.6 is 0 Å². The van der Waals surface area contributed by atoms with Gasteiger partial charge in [0.2, 0.25) is 5.91 Å². The smallest absolute Gasteiger partial charge is 0.251 e. The van der Waals surface area contributed by atoms with Crippen LogP contribution in [0.4, 0.5) is 5.69 Å². The van der Waals surface area contributed by atoms with E-state index in [-0.39, 0.29) is 29.9 Å². The molecule has 30 heavy (non-hydrogen) atoms. The van der Waals surface area contributed by atoms with Crippen molar-refractivity contribution in [3.8, 4) is 5.75 Å². The number of anilines is 1. The monoisotopic (exact) mass is 409 g/mol. The second-order valence-electron chi connectivity index (χ2n) is 8.79. The van der Waals surface area contributed by atoms with Crippen molar-refractivity contribution < 1.29 is 14.3 Å². The van der Waals surface area contributed by atoms with Crippen molar-refractivity contribution in [2.45, 2.75) is 45.2 Å². The zero-order chi connectivity index (χ0) is 21.7. The van der Waals surface area contributed by atoms with E-state index in [0.717, 1.165) is 29.8 Å². The van der Waals surface area contributed by atoms with Gasteiger partial charge < -0.3 is 20.7 Å². The van der Waals surface area contributed by atoms with Crippen molar-refractivity contribution in [1.82, 2.24) is 10.6 Å². The maximum Gasteiger partial charge on any atom is 0.251 e. The van der Waals surface area contributed by atoms with Crippen LogP contribution in [0, 0.1) is 5.92 Å². The maximum absolute atomic E-state index is 12.5. The molecule has 160 valence electrons. The van der Waals surface area contributed by atoms with Crippen LogP contribution < -0.4 is 20.7 Å². The van der Waals surface area contributed by atoms with Crippen LogP contribution in [0.25, 0.3) is 0 Å². The molecule has 0 aliphatic heterocycles. The molecule has 1 aliphatic carbocycles. The molecular formula is C24H31N3O3. The minimum absolute atomic E-state index is 0.0219. The van der Waals surface area contributed by atoms with Crippen LogP contribution in [0.5, 0.6) is 5.75 Å². The van der Waals surface area contributed by atoms with E-state index in [9.17, 15) is 9.59 Å². The predicted octanol–water partition coefficient (Wildman–Crippen LogP) is 3.90. The highest BCUT2D eigenvalue weighted by Crippen LogP contribution is 2.41. The maximum atomic E-state index is 12.5. The highest BCUT2D eigenvalue weighted by Gasteiger charge is 2.33. The van der Waals surface area contributed by atoms with Gasteiger partial charge in [-0.25, -0.2) is 0 Å². The van der Waals surface area contributed by atoms with Gasteiger partial charge in [0.05, 0.1) is 19.7 Å². The Morgan fingerprint density at radius 3 is 2.20 bits per heavy atom. The van der Waals surface area contributed by atoms with Gasteiger partial charge in [-0.3, -0.25) is 9.59 Å². The largest absolute Gasteiger partial charge is 0.497 e. The summed E-state index contributed by atoms with van der Waals surface area (Å²) in [6.07, 6.45) is 2.25.